The third-order valence-electron chi connectivity index (χ3n) is 12.6. The lowest BCUT2D eigenvalue weighted by Gasteiger charge is -2.39. The van der Waals surface area contributed by atoms with E-state index in [1.807, 2.05) is 45.0 Å². The molecule has 14 nitrogen and oxygen atoms in total. The Balaban J connectivity index is 0.938. The van der Waals surface area contributed by atoms with Gasteiger partial charge in [-0.3, -0.25) is 9.59 Å². The summed E-state index contributed by atoms with van der Waals surface area (Å²) >= 11 is 0. The number of nitrogens with one attached hydrogen (secondary N) is 4. The Morgan fingerprint density at radius 1 is 0.742 bits per heavy atom. The zero-order valence-electron chi connectivity index (χ0n) is 36.4. The van der Waals surface area contributed by atoms with Gasteiger partial charge in [-0.15, -0.1) is 0 Å². The summed E-state index contributed by atoms with van der Waals surface area (Å²) in [5.41, 5.74) is 8.60. The number of ether oxygens (including phenoxy) is 1. The van der Waals surface area contributed by atoms with Gasteiger partial charge in [0.15, 0.2) is 0 Å². The minimum atomic E-state index is -0.665. The Morgan fingerprint density at radius 2 is 1.35 bits per heavy atom. The summed E-state index contributed by atoms with van der Waals surface area (Å²) < 4.78 is 4.78. The third kappa shape index (κ3) is 9.34. The average molecular weight is 842 g/mol. The number of rotatable bonds is 11. The maximum absolute atomic E-state index is 13.9. The van der Waals surface area contributed by atoms with Gasteiger partial charge in [-0.05, 0) is 112 Å². The molecule has 2 aromatic heterocycles. The molecule has 4 N–H and O–H groups in total. The summed E-state index contributed by atoms with van der Waals surface area (Å²) in [6.07, 6.45) is 11.3. The van der Waals surface area contributed by atoms with Gasteiger partial charge < -0.3 is 29.8 Å². The molecule has 0 radical (unpaired) electrons. The standard InChI is InChI=1S/C48H59N9O5/c1-29(2)56(28-43(58)51-37-21-22-37)48(61)55-23-9-8-12-42(55)45-50-26-40(53-45)32-15-13-31(14-16-32)33-17-18-35-25-36(20-19-34(35)24-33)41-27-49-44(52-41)38-10-6-7-11-39(38)46(59)57(30(3)4)54-47(60)62-5/h13-20,24-27,29-30,37-39,42H,6-12,21-23,28H2,1-5H3,(H,49,52)(H,50,53)(H,51,58)(H,54,60)/t38-,39+,42-/m0/s1. The zero-order chi connectivity index (χ0) is 43.5. The number of hydrogen-bond donors (Lipinski definition) is 4. The predicted octanol–water partition coefficient (Wildman–Crippen LogP) is 8.70. The van der Waals surface area contributed by atoms with E-state index in [1.165, 1.54) is 12.1 Å². The lowest BCUT2D eigenvalue weighted by atomic mass is 9.78. The Hall–Kier alpha value is -6.18. The average Bonchev–Trinajstić information content (AvgIpc) is 3.72. The molecule has 1 saturated heterocycles. The fourth-order valence-corrected chi connectivity index (χ4v) is 9.01. The number of hydrogen-bond acceptors (Lipinski definition) is 7. The molecule has 0 bridgehead atoms. The highest BCUT2D eigenvalue weighted by Crippen LogP contribution is 2.39. The summed E-state index contributed by atoms with van der Waals surface area (Å²) in [5, 5.41) is 6.63. The number of H-pyrrole nitrogens is 2. The summed E-state index contributed by atoms with van der Waals surface area (Å²) in [5.74, 6) is 0.922. The number of likely N-dealkylation sites (tertiary alicyclic amines) is 1. The van der Waals surface area contributed by atoms with Crippen LogP contribution >= 0.6 is 0 Å². The number of carbonyl (C=O) groups excluding carboxylic acids is 4. The van der Waals surface area contributed by atoms with Crippen molar-refractivity contribution in [1.82, 2.24) is 45.5 Å². The Morgan fingerprint density at radius 3 is 2.05 bits per heavy atom. The number of methoxy groups -OCH3 is 1. The normalized spacial score (nSPS) is 19.1. The van der Waals surface area contributed by atoms with Crippen LogP contribution in [0, 0.1) is 5.92 Å². The van der Waals surface area contributed by atoms with Gasteiger partial charge in [0.25, 0.3) is 0 Å². The second-order valence-corrected chi connectivity index (χ2v) is 17.7. The van der Waals surface area contributed by atoms with E-state index in [0.717, 1.165) is 114 Å². The number of fused-ring (bicyclic) bond motifs is 1. The molecule has 62 heavy (non-hydrogen) atoms. The van der Waals surface area contributed by atoms with E-state index in [1.54, 1.807) is 4.90 Å². The lowest BCUT2D eigenvalue weighted by molar-refractivity contribution is -0.142. The maximum atomic E-state index is 13.9. The molecule has 3 atom stereocenters. The second kappa shape index (κ2) is 18.4. The quantitative estimate of drug-likeness (QED) is 0.0965. The molecule has 1 aliphatic heterocycles. The molecular weight excluding hydrogens is 783 g/mol. The second-order valence-electron chi connectivity index (χ2n) is 17.7. The van der Waals surface area contributed by atoms with Gasteiger partial charge >= 0.3 is 12.1 Å². The monoisotopic (exact) mass is 841 g/mol. The SMILES string of the molecule is COC(=O)NN(C(=O)[C@@H]1CCCC[C@@H]1c1ncc(-c2ccc3cc(-c4ccc(-c5cnc([C@@H]6CCCCN6C(=O)N(CC(=O)NC6CC6)C(C)C)[nH]5)cc4)ccc3c2)[nH]1)C(C)C. The number of urea groups is 1. The lowest BCUT2D eigenvalue weighted by Crippen LogP contribution is -2.53. The highest BCUT2D eigenvalue weighted by atomic mass is 16.5. The molecule has 2 saturated carbocycles. The molecule has 326 valence electrons. The van der Waals surface area contributed by atoms with Crippen molar-refractivity contribution in [3.8, 4) is 33.6 Å². The van der Waals surface area contributed by atoms with Gasteiger partial charge in [-0.2, -0.15) is 0 Å². The molecule has 5 aromatic rings. The molecule has 3 heterocycles. The van der Waals surface area contributed by atoms with Gasteiger partial charge in [-0.25, -0.2) is 30.0 Å². The Bertz CT molecular complexity index is 2400. The summed E-state index contributed by atoms with van der Waals surface area (Å²) in [6, 6.07) is 20.9. The van der Waals surface area contributed by atoms with Crippen LogP contribution in [0.15, 0.2) is 73.1 Å². The van der Waals surface area contributed by atoms with Crippen molar-refractivity contribution < 1.29 is 23.9 Å². The van der Waals surface area contributed by atoms with E-state index in [4.69, 9.17) is 14.7 Å². The molecule has 14 heteroatoms. The molecule has 0 unspecified atom stereocenters. The van der Waals surface area contributed by atoms with Crippen LogP contribution in [0.2, 0.25) is 0 Å². The Labute approximate surface area is 363 Å². The molecule has 3 fully saturated rings. The molecule has 0 spiro atoms. The number of imidazole rings is 2. The van der Waals surface area contributed by atoms with Gasteiger partial charge in [-0.1, -0.05) is 61.4 Å². The molecular formula is C48H59N9O5. The van der Waals surface area contributed by atoms with Gasteiger partial charge in [0.2, 0.25) is 11.8 Å². The minimum Gasteiger partial charge on any atom is -0.452 e. The number of amides is 5. The van der Waals surface area contributed by atoms with Crippen LogP contribution in [0.3, 0.4) is 0 Å². The van der Waals surface area contributed by atoms with Crippen molar-refractivity contribution in [3.05, 3.63) is 84.7 Å². The van der Waals surface area contributed by atoms with E-state index < -0.39 is 6.09 Å². The smallest absolute Gasteiger partial charge is 0.425 e. The van der Waals surface area contributed by atoms with Crippen LogP contribution in [0.25, 0.3) is 44.4 Å². The fraction of sp³-hybridized carbons (Fsp3) is 0.458. The minimum absolute atomic E-state index is 0.0573. The predicted molar refractivity (Wildman–Crippen MR) is 238 cm³/mol. The first kappa shape index (κ1) is 42.5. The zero-order valence-corrected chi connectivity index (χ0v) is 36.4. The number of aromatic amines is 2. The van der Waals surface area contributed by atoms with Crippen LogP contribution in [-0.4, -0.2) is 97.0 Å². The largest absolute Gasteiger partial charge is 0.452 e. The van der Waals surface area contributed by atoms with Crippen molar-refractivity contribution in [3.63, 3.8) is 0 Å². The molecule has 5 amide bonds. The van der Waals surface area contributed by atoms with Crippen LogP contribution < -0.4 is 10.7 Å². The van der Waals surface area contributed by atoms with E-state index in [0.29, 0.717) is 6.54 Å². The van der Waals surface area contributed by atoms with Crippen molar-refractivity contribution in [2.24, 2.45) is 5.92 Å². The highest BCUT2D eigenvalue weighted by molar-refractivity contribution is 5.91. The molecule has 3 aromatic carbocycles. The number of benzene rings is 3. The van der Waals surface area contributed by atoms with E-state index in [-0.39, 0.29) is 60.4 Å². The molecule has 3 aliphatic rings. The third-order valence-corrected chi connectivity index (χ3v) is 12.6. The van der Waals surface area contributed by atoms with E-state index >= 15 is 0 Å². The van der Waals surface area contributed by atoms with E-state index in [9.17, 15) is 19.2 Å². The van der Waals surface area contributed by atoms with Crippen LogP contribution in [0.1, 0.15) is 109 Å². The number of piperidine rings is 1. The summed E-state index contributed by atoms with van der Waals surface area (Å²) in [7, 11) is 1.29. The molecule has 8 rings (SSSR count). The van der Waals surface area contributed by atoms with Gasteiger partial charge in [0.1, 0.15) is 18.2 Å². The topological polar surface area (TPSA) is 169 Å². The highest BCUT2D eigenvalue weighted by Gasteiger charge is 2.38. The van der Waals surface area contributed by atoms with Crippen LogP contribution in [0.4, 0.5) is 9.59 Å². The first-order chi connectivity index (χ1) is 30.0. The summed E-state index contributed by atoms with van der Waals surface area (Å²) in [4.78, 5) is 72.6. The van der Waals surface area contributed by atoms with Crippen molar-refractivity contribution in [2.75, 3.05) is 20.2 Å². The maximum Gasteiger partial charge on any atom is 0.425 e. The van der Waals surface area contributed by atoms with Crippen LogP contribution in [0.5, 0.6) is 0 Å². The number of aromatic nitrogens is 4. The Kier molecular flexibility index (Phi) is 12.6. The van der Waals surface area contributed by atoms with Gasteiger partial charge in [0, 0.05) is 42.1 Å². The first-order valence-electron chi connectivity index (χ1n) is 22.3. The van der Waals surface area contributed by atoms with Gasteiger partial charge in [0.05, 0.1) is 36.9 Å². The molecule has 2 aliphatic carbocycles. The first-order valence-corrected chi connectivity index (χ1v) is 22.3. The van der Waals surface area contributed by atoms with Crippen molar-refractivity contribution >= 4 is 34.7 Å². The van der Waals surface area contributed by atoms with Crippen LogP contribution in [-0.2, 0) is 14.3 Å². The number of hydrazine groups is 1. The number of carbonyl (C=O) groups is 4. The fourth-order valence-electron chi connectivity index (χ4n) is 9.01. The number of nitrogens with zero attached hydrogens (tertiary/aromatic N) is 5. The summed E-state index contributed by atoms with van der Waals surface area (Å²) in [6.45, 7) is 8.33. The van der Waals surface area contributed by atoms with Crippen molar-refractivity contribution in [2.45, 2.75) is 116 Å². The van der Waals surface area contributed by atoms with Crippen molar-refractivity contribution in [1.29, 1.82) is 0 Å². The van der Waals surface area contributed by atoms with E-state index in [2.05, 4.69) is 81.4 Å².